The van der Waals surface area contributed by atoms with Crippen molar-refractivity contribution in [1.82, 2.24) is 5.43 Å². The molecule has 1 heterocycles. The fraction of sp³-hybridized carbons (Fsp3) is 0.158. The minimum absolute atomic E-state index is 0.152. The van der Waals surface area contributed by atoms with Gasteiger partial charge in [-0.25, -0.2) is 5.43 Å². The van der Waals surface area contributed by atoms with E-state index in [0.717, 1.165) is 10.8 Å². The van der Waals surface area contributed by atoms with Crippen LogP contribution in [0.2, 0.25) is 0 Å². The monoisotopic (exact) mass is 322 g/mol. The Hall–Kier alpha value is -3.08. The van der Waals surface area contributed by atoms with Gasteiger partial charge in [-0.05, 0) is 38.3 Å². The predicted molar refractivity (Wildman–Crippen MR) is 93.5 cm³/mol. The Morgan fingerprint density at radius 1 is 1.12 bits per heavy atom. The molecule has 2 N–H and O–H groups in total. The molecular weight excluding hydrogens is 304 g/mol. The number of phenols is 1. The SMILES string of the molecule is C/C(=N\NC(=O)c1cc(C)oc1C)c1ccc2ccccc2c1O. The normalized spacial score (nSPS) is 11.7. The molecule has 1 amide bonds. The Bertz CT molecular complexity index is 954. The van der Waals surface area contributed by atoms with Gasteiger partial charge in [0, 0.05) is 10.9 Å². The largest absolute Gasteiger partial charge is 0.507 e. The topological polar surface area (TPSA) is 74.8 Å². The lowest BCUT2D eigenvalue weighted by Gasteiger charge is -2.08. The van der Waals surface area contributed by atoms with E-state index in [1.807, 2.05) is 30.3 Å². The molecule has 3 aromatic rings. The summed E-state index contributed by atoms with van der Waals surface area (Å²) in [5.74, 6) is 1.03. The van der Waals surface area contributed by atoms with E-state index >= 15 is 0 Å². The number of carbonyl (C=O) groups is 1. The number of benzene rings is 2. The van der Waals surface area contributed by atoms with Crippen molar-refractivity contribution in [2.75, 3.05) is 0 Å². The highest BCUT2D eigenvalue weighted by Crippen LogP contribution is 2.28. The van der Waals surface area contributed by atoms with Gasteiger partial charge in [0.15, 0.2) is 0 Å². The highest BCUT2D eigenvalue weighted by Gasteiger charge is 2.14. The lowest BCUT2D eigenvalue weighted by molar-refractivity contribution is 0.0953. The molecule has 0 aliphatic heterocycles. The molecule has 0 atom stereocenters. The first-order valence-corrected chi connectivity index (χ1v) is 7.60. The summed E-state index contributed by atoms with van der Waals surface area (Å²) < 4.78 is 5.35. The number of nitrogens with zero attached hydrogens (tertiary/aromatic N) is 1. The molecule has 0 fully saturated rings. The first kappa shape index (κ1) is 15.8. The van der Waals surface area contributed by atoms with Gasteiger partial charge < -0.3 is 9.52 Å². The number of aryl methyl sites for hydroxylation is 2. The van der Waals surface area contributed by atoms with Gasteiger partial charge in [-0.3, -0.25) is 4.79 Å². The van der Waals surface area contributed by atoms with Crippen molar-refractivity contribution in [3.8, 4) is 5.75 Å². The lowest BCUT2D eigenvalue weighted by atomic mass is 10.0. The Labute approximate surface area is 139 Å². The van der Waals surface area contributed by atoms with Gasteiger partial charge in [-0.15, -0.1) is 0 Å². The minimum atomic E-state index is -0.344. The summed E-state index contributed by atoms with van der Waals surface area (Å²) in [5.41, 5.74) is 4.05. The van der Waals surface area contributed by atoms with Gasteiger partial charge in [-0.2, -0.15) is 5.10 Å². The van der Waals surface area contributed by atoms with Crippen LogP contribution in [0.25, 0.3) is 10.8 Å². The molecule has 122 valence electrons. The number of aromatic hydroxyl groups is 1. The molecule has 0 bridgehead atoms. The quantitative estimate of drug-likeness (QED) is 0.567. The van der Waals surface area contributed by atoms with E-state index in [9.17, 15) is 9.90 Å². The molecule has 0 aliphatic rings. The number of carbonyl (C=O) groups excluding carboxylic acids is 1. The van der Waals surface area contributed by atoms with Gasteiger partial charge in [0.1, 0.15) is 17.3 Å². The smallest absolute Gasteiger partial charge is 0.274 e. The molecule has 5 heteroatoms. The Balaban J connectivity index is 1.87. The molecule has 24 heavy (non-hydrogen) atoms. The fourth-order valence-electron chi connectivity index (χ4n) is 2.66. The molecule has 1 aromatic heterocycles. The maximum absolute atomic E-state index is 12.2. The minimum Gasteiger partial charge on any atom is -0.507 e. The van der Waals surface area contributed by atoms with Crippen LogP contribution in [-0.2, 0) is 0 Å². The Morgan fingerprint density at radius 3 is 2.58 bits per heavy atom. The zero-order chi connectivity index (χ0) is 17.3. The third kappa shape index (κ3) is 2.88. The van der Waals surface area contributed by atoms with E-state index in [4.69, 9.17) is 4.42 Å². The summed E-state index contributed by atoms with van der Waals surface area (Å²) in [6.07, 6.45) is 0. The number of furan rings is 1. The zero-order valence-electron chi connectivity index (χ0n) is 13.8. The summed E-state index contributed by atoms with van der Waals surface area (Å²) in [4.78, 5) is 12.2. The summed E-state index contributed by atoms with van der Waals surface area (Å²) in [7, 11) is 0. The Morgan fingerprint density at radius 2 is 1.88 bits per heavy atom. The number of hydrogen-bond acceptors (Lipinski definition) is 4. The number of phenolic OH excluding ortho intramolecular Hbond substituents is 1. The van der Waals surface area contributed by atoms with Crippen molar-refractivity contribution in [2.24, 2.45) is 5.10 Å². The van der Waals surface area contributed by atoms with E-state index in [0.29, 0.717) is 28.4 Å². The molecule has 0 saturated carbocycles. The van der Waals surface area contributed by atoms with Crippen molar-refractivity contribution in [1.29, 1.82) is 0 Å². The summed E-state index contributed by atoms with van der Waals surface area (Å²) in [6.45, 7) is 5.25. The average molecular weight is 322 g/mol. The maximum atomic E-state index is 12.2. The van der Waals surface area contributed by atoms with Crippen LogP contribution in [0.4, 0.5) is 0 Å². The van der Waals surface area contributed by atoms with Gasteiger partial charge >= 0.3 is 0 Å². The van der Waals surface area contributed by atoms with Crippen LogP contribution in [0.15, 0.2) is 52.0 Å². The molecular formula is C19H18N2O3. The van der Waals surface area contributed by atoms with Crippen molar-refractivity contribution in [3.05, 3.63) is 65.1 Å². The number of amides is 1. The highest BCUT2D eigenvalue weighted by molar-refractivity contribution is 6.07. The predicted octanol–water partition coefficient (Wildman–Crippen LogP) is 3.91. The fourth-order valence-corrected chi connectivity index (χ4v) is 2.66. The second-order valence-electron chi connectivity index (χ2n) is 5.65. The molecule has 0 spiro atoms. The maximum Gasteiger partial charge on any atom is 0.274 e. The average Bonchev–Trinajstić information content (AvgIpc) is 2.91. The second-order valence-corrected chi connectivity index (χ2v) is 5.65. The summed E-state index contributed by atoms with van der Waals surface area (Å²) >= 11 is 0. The van der Waals surface area contributed by atoms with Gasteiger partial charge in [-0.1, -0.05) is 30.3 Å². The van der Waals surface area contributed by atoms with Crippen molar-refractivity contribution < 1.29 is 14.3 Å². The molecule has 0 saturated heterocycles. The third-order valence-corrected chi connectivity index (χ3v) is 3.90. The molecule has 0 aliphatic carbocycles. The molecule has 5 nitrogen and oxygen atoms in total. The van der Waals surface area contributed by atoms with E-state index in [2.05, 4.69) is 10.5 Å². The van der Waals surface area contributed by atoms with Crippen LogP contribution in [0.5, 0.6) is 5.75 Å². The number of hydrazone groups is 1. The van der Waals surface area contributed by atoms with Gasteiger partial charge in [0.2, 0.25) is 0 Å². The first-order valence-electron chi connectivity index (χ1n) is 7.60. The van der Waals surface area contributed by atoms with Crippen LogP contribution in [0, 0.1) is 13.8 Å². The van der Waals surface area contributed by atoms with Crippen LogP contribution in [-0.4, -0.2) is 16.7 Å². The van der Waals surface area contributed by atoms with Gasteiger partial charge in [0.25, 0.3) is 5.91 Å². The molecule has 3 rings (SSSR count). The first-order chi connectivity index (χ1) is 11.5. The van der Waals surface area contributed by atoms with Crippen LogP contribution in [0.3, 0.4) is 0 Å². The standard InChI is InChI=1S/C19H18N2O3/c1-11-10-17(13(3)24-11)19(23)21-20-12(2)15-9-8-14-6-4-5-7-16(14)18(15)22/h4-10,22H,1-3H3,(H,21,23)/b20-12+. The Kier molecular flexibility index (Phi) is 4.08. The van der Waals surface area contributed by atoms with E-state index < -0.39 is 0 Å². The van der Waals surface area contributed by atoms with Crippen molar-refractivity contribution in [2.45, 2.75) is 20.8 Å². The number of fused-ring (bicyclic) bond motifs is 1. The number of nitrogens with one attached hydrogen (secondary N) is 1. The number of hydrogen-bond donors (Lipinski definition) is 2. The molecule has 0 unspecified atom stereocenters. The van der Waals surface area contributed by atoms with Gasteiger partial charge in [0.05, 0.1) is 11.3 Å². The van der Waals surface area contributed by atoms with E-state index in [-0.39, 0.29) is 11.7 Å². The van der Waals surface area contributed by atoms with Crippen molar-refractivity contribution >= 4 is 22.4 Å². The van der Waals surface area contributed by atoms with E-state index in [1.165, 1.54) is 0 Å². The lowest BCUT2D eigenvalue weighted by Crippen LogP contribution is -2.19. The molecule has 0 radical (unpaired) electrons. The third-order valence-electron chi connectivity index (χ3n) is 3.90. The van der Waals surface area contributed by atoms with Crippen LogP contribution >= 0.6 is 0 Å². The van der Waals surface area contributed by atoms with E-state index in [1.54, 1.807) is 32.9 Å². The highest BCUT2D eigenvalue weighted by atomic mass is 16.3. The molecule has 2 aromatic carbocycles. The zero-order valence-corrected chi connectivity index (χ0v) is 13.8. The van der Waals surface area contributed by atoms with Crippen LogP contribution < -0.4 is 5.43 Å². The number of rotatable bonds is 3. The van der Waals surface area contributed by atoms with Crippen LogP contribution in [0.1, 0.15) is 34.4 Å². The van der Waals surface area contributed by atoms with Crippen molar-refractivity contribution in [3.63, 3.8) is 0 Å². The second kappa shape index (κ2) is 6.20. The summed E-state index contributed by atoms with van der Waals surface area (Å²) in [5, 5.41) is 16.2. The summed E-state index contributed by atoms with van der Waals surface area (Å²) in [6, 6.07) is 12.9.